The molecule has 5 nitrogen and oxygen atoms in total. The normalized spacial score (nSPS) is 10.4. The Labute approximate surface area is 148 Å². The summed E-state index contributed by atoms with van der Waals surface area (Å²) in [6.45, 7) is 5.86. The smallest absolute Gasteiger partial charge is 0.339 e. The fourth-order valence-corrected chi connectivity index (χ4v) is 2.40. The number of hydrogen-bond acceptors (Lipinski definition) is 4. The molecular weight excluding hydrogens is 318 g/mol. The van der Waals surface area contributed by atoms with Gasteiger partial charge in [0.25, 0.3) is 5.91 Å². The van der Waals surface area contributed by atoms with Crippen LogP contribution in [0.1, 0.15) is 41.3 Å². The molecule has 2 aromatic rings. The molecule has 0 aliphatic heterocycles. The number of carbonyl (C=O) groups is 2. The first-order valence-corrected chi connectivity index (χ1v) is 8.13. The number of anilines is 1. The second-order valence-corrected chi connectivity index (χ2v) is 6.05. The predicted molar refractivity (Wildman–Crippen MR) is 97.2 cm³/mol. The van der Waals surface area contributed by atoms with Crippen LogP contribution in [0.2, 0.25) is 0 Å². The van der Waals surface area contributed by atoms with Crippen LogP contribution in [-0.2, 0) is 9.53 Å². The average molecular weight is 341 g/mol. The van der Waals surface area contributed by atoms with Crippen molar-refractivity contribution in [2.24, 2.45) is 0 Å². The maximum absolute atomic E-state index is 12.2. The molecule has 0 spiro atoms. The van der Waals surface area contributed by atoms with Crippen molar-refractivity contribution in [1.29, 1.82) is 0 Å². The third-order valence-electron chi connectivity index (χ3n) is 3.84. The SMILES string of the molecule is COC(=O)c1cccc(C)c1NC(=O)COc1cccc(C(C)C)c1. The zero-order valence-corrected chi connectivity index (χ0v) is 15.0. The molecule has 0 aromatic heterocycles. The summed E-state index contributed by atoms with van der Waals surface area (Å²) in [6, 6.07) is 12.8. The third kappa shape index (κ3) is 4.83. The van der Waals surface area contributed by atoms with Crippen LogP contribution in [-0.4, -0.2) is 25.6 Å². The second kappa shape index (κ2) is 8.33. The van der Waals surface area contributed by atoms with Gasteiger partial charge >= 0.3 is 5.97 Å². The molecule has 0 bridgehead atoms. The molecule has 0 aliphatic carbocycles. The molecule has 1 N–H and O–H groups in total. The van der Waals surface area contributed by atoms with Gasteiger partial charge in [-0.25, -0.2) is 4.79 Å². The number of methoxy groups -OCH3 is 1. The van der Waals surface area contributed by atoms with Crippen molar-refractivity contribution < 1.29 is 19.1 Å². The molecule has 2 rings (SSSR count). The van der Waals surface area contributed by atoms with Crippen molar-refractivity contribution in [3.05, 3.63) is 59.2 Å². The van der Waals surface area contributed by atoms with Crippen LogP contribution in [0, 0.1) is 6.92 Å². The molecule has 132 valence electrons. The van der Waals surface area contributed by atoms with Gasteiger partial charge in [0.1, 0.15) is 5.75 Å². The van der Waals surface area contributed by atoms with Gasteiger partial charge in [-0.3, -0.25) is 4.79 Å². The summed E-state index contributed by atoms with van der Waals surface area (Å²) < 4.78 is 10.3. The maximum Gasteiger partial charge on any atom is 0.339 e. The largest absolute Gasteiger partial charge is 0.484 e. The van der Waals surface area contributed by atoms with Gasteiger partial charge in [0.05, 0.1) is 18.4 Å². The number of hydrogen-bond donors (Lipinski definition) is 1. The Kier molecular flexibility index (Phi) is 6.17. The Morgan fingerprint density at radius 3 is 2.52 bits per heavy atom. The second-order valence-electron chi connectivity index (χ2n) is 6.05. The number of ether oxygens (including phenoxy) is 2. The van der Waals surface area contributed by atoms with Crippen LogP contribution in [0.4, 0.5) is 5.69 Å². The summed E-state index contributed by atoms with van der Waals surface area (Å²) in [6.07, 6.45) is 0. The molecule has 0 heterocycles. The zero-order chi connectivity index (χ0) is 18.4. The molecular formula is C20H23NO4. The van der Waals surface area contributed by atoms with Gasteiger partial charge in [-0.05, 0) is 42.2 Å². The number of aryl methyl sites for hydroxylation is 1. The van der Waals surface area contributed by atoms with Gasteiger partial charge in [0.15, 0.2) is 6.61 Å². The molecule has 0 fully saturated rings. The van der Waals surface area contributed by atoms with E-state index >= 15 is 0 Å². The van der Waals surface area contributed by atoms with Crippen LogP contribution in [0.15, 0.2) is 42.5 Å². The van der Waals surface area contributed by atoms with E-state index in [1.807, 2.05) is 37.3 Å². The van der Waals surface area contributed by atoms with Crippen molar-refractivity contribution in [1.82, 2.24) is 0 Å². The molecule has 0 saturated carbocycles. The minimum atomic E-state index is -0.496. The number of benzene rings is 2. The lowest BCUT2D eigenvalue weighted by Gasteiger charge is -2.13. The van der Waals surface area contributed by atoms with Crippen molar-refractivity contribution in [2.75, 3.05) is 19.0 Å². The first kappa shape index (κ1) is 18.5. The van der Waals surface area contributed by atoms with E-state index in [0.717, 1.165) is 11.1 Å². The molecule has 25 heavy (non-hydrogen) atoms. The standard InChI is InChI=1S/C20H23NO4/c1-13(2)15-8-6-9-16(11-15)25-12-18(22)21-19-14(3)7-5-10-17(19)20(23)24-4/h5-11,13H,12H2,1-4H3,(H,21,22). The molecule has 0 atom stereocenters. The molecule has 2 aromatic carbocycles. The van der Waals surface area contributed by atoms with Gasteiger partial charge in [-0.1, -0.05) is 38.1 Å². The number of esters is 1. The van der Waals surface area contributed by atoms with Crippen LogP contribution < -0.4 is 10.1 Å². The fraction of sp³-hybridized carbons (Fsp3) is 0.300. The highest BCUT2D eigenvalue weighted by Crippen LogP contribution is 2.22. The van der Waals surface area contributed by atoms with E-state index in [9.17, 15) is 9.59 Å². The van der Waals surface area contributed by atoms with Crippen molar-refractivity contribution in [3.8, 4) is 5.75 Å². The minimum Gasteiger partial charge on any atom is -0.484 e. The molecule has 1 amide bonds. The Balaban J connectivity index is 2.06. The summed E-state index contributed by atoms with van der Waals surface area (Å²) in [4.78, 5) is 24.1. The van der Waals surface area contributed by atoms with Crippen LogP contribution >= 0.6 is 0 Å². The highest BCUT2D eigenvalue weighted by molar-refractivity contribution is 6.02. The number of amides is 1. The monoisotopic (exact) mass is 341 g/mol. The summed E-state index contributed by atoms with van der Waals surface area (Å²) in [5, 5.41) is 2.74. The van der Waals surface area contributed by atoms with Crippen LogP contribution in [0.3, 0.4) is 0 Å². The number of nitrogens with one attached hydrogen (secondary N) is 1. The Hall–Kier alpha value is -2.82. The zero-order valence-electron chi connectivity index (χ0n) is 15.0. The molecule has 0 unspecified atom stereocenters. The third-order valence-corrected chi connectivity index (χ3v) is 3.84. The number of rotatable bonds is 6. The lowest BCUT2D eigenvalue weighted by atomic mass is 10.0. The molecule has 0 radical (unpaired) electrons. The van der Waals surface area contributed by atoms with Crippen molar-refractivity contribution in [2.45, 2.75) is 26.7 Å². The summed E-state index contributed by atoms with van der Waals surface area (Å²) in [5.41, 5.74) is 2.68. The van der Waals surface area contributed by atoms with Crippen LogP contribution in [0.5, 0.6) is 5.75 Å². The minimum absolute atomic E-state index is 0.142. The lowest BCUT2D eigenvalue weighted by molar-refractivity contribution is -0.118. The first-order chi connectivity index (χ1) is 11.9. The van der Waals surface area contributed by atoms with Gasteiger partial charge < -0.3 is 14.8 Å². The average Bonchev–Trinajstić information content (AvgIpc) is 2.61. The highest BCUT2D eigenvalue weighted by atomic mass is 16.5. The van der Waals surface area contributed by atoms with E-state index in [1.54, 1.807) is 12.1 Å². The van der Waals surface area contributed by atoms with Gasteiger partial charge in [-0.2, -0.15) is 0 Å². The summed E-state index contributed by atoms with van der Waals surface area (Å²) >= 11 is 0. The number of carbonyl (C=O) groups excluding carboxylic acids is 2. The van der Waals surface area contributed by atoms with E-state index in [1.165, 1.54) is 7.11 Å². The molecule has 5 heteroatoms. The van der Waals surface area contributed by atoms with E-state index in [0.29, 0.717) is 22.9 Å². The van der Waals surface area contributed by atoms with Gasteiger partial charge in [0, 0.05) is 0 Å². The van der Waals surface area contributed by atoms with E-state index in [2.05, 4.69) is 19.2 Å². The fourth-order valence-electron chi connectivity index (χ4n) is 2.40. The van der Waals surface area contributed by atoms with E-state index < -0.39 is 5.97 Å². The van der Waals surface area contributed by atoms with Gasteiger partial charge in [-0.15, -0.1) is 0 Å². The summed E-state index contributed by atoms with van der Waals surface area (Å²) in [7, 11) is 1.31. The lowest BCUT2D eigenvalue weighted by Crippen LogP contribution is -2.22. The Bertz CT molecular complexity index is 768. The highest BCUT2D eigenvalue weighted by Gasteiger charge is 2.16. The van der Waals surface area contributed by atoms with E-state index in [4.69, 9.17) is 9.47 Å². The Morgan fingerprint density at radius 1 is 1.12 bits per heavy atom. The first-order valence-electron chi connectivity index (χ1n) is 8.13. The Morgan fingerprint density at radius 2 is 1.84 bits per heavy atom. The maximum atomic E-state index is 12.2. The molecule has 0 saturated heterocycles. The van der Waals surface area contributed by atoms with Gasteiger partial charge in [0.2, 0.25) is 0 Å². The quantitative estimate of drug-likeness (QED) is 0.809. The topological polar surface area (TPSA) is 64.6 Å². The van der Waals surface area contributed by atoms with Crippen molar-refractivity contribution in [3.63, 3.8) is 0 Å². The van der Waals surface area contributed by atoms with E-state index in [-0.39, 0.29) is 12.5 Å². The number of para-hydroxylation sites is 1. The van der Waals surface area contributed by atoms with Crippen molar-refractivity contribution >= 4 is 17.6 Å². The summed E-state index contributed by atoms with van der Waals surface area (Å²) in [5.74, 6) is 0.185. The molecule has 0 aliphatic rings. The van der Waals surface area contributed by atoms with Crippen LogP contribution in [0.25, 0.3) is 0 Å². The predicted octanol–water partition coefficient (Wildman–Crippen LogP) is 3.92.